The number of nitrogens with one attached hydrogen (secondary N) is 1. The Balaban J connectivity index is 1.84. The summed E-state index contributed by atoms with van der Waals surface area (Å²) in [6, 6.07) is 13.8. The Hall–Kier alpha value is -2.20. The van der Waals surface area contributed by atoms with Crippen LogP contribution >= 0.6 is 11.6 Å². The van der Waals surface area contributed by atoms with Gasteiger partial charge in [0.2, 0.25) is 0 Å². The number of anilines is 1. The zero-order valence-electron chi connectivity index (χ0n) is 10.7. The van der Waals surface area contributed by atoms with Crippen molar-refractivity contribution in [3.05, 3.63) is 59.1 Å². The van der Waals surface area contributed by atoms with Gasteiger partial charge in [-0.1, -0.05) is 23.7 Å². The van der Waals surface area contributed by atoms with E-state index in [0.29, 0.717) is 23.9 Å². The van der Waals surface area contributed by atoms with Crippen LogP contribution < -0.4 is 10.1 Å². The van der Waals surface area contributed by atoms with Gasteiger partial charge in [-0.3, -0.25) is 0 Å². The quantitative estimate of drug-likeness (QED) is 0.799. The Morgan fingerprint density at radius 2 is 1.85 bits per heavy atom. The molecule has 0 amide bonds. The van der Waals surface area contributed by atoms with Crippen molar-refractivity contribution in [3.63, 3.8) is 0 Å². The first kappa shape index (κ1) is 14.2. The Bertz CT molecular complexity index is 584. The highest BCUT2D eigenvalue weighted by atomic mass is 35.5. The third-order valence-electron chi connectivity index (χ3n) is 2.66. The number of benzene rings is 2. The van der Waals surface area contributed by atoms with Crippen molar-refractivity contribution < 1.29 is 14.6 Å². The van der Waals surface area contributed by atoms with Gasteiger partial charge >= 0.3 is 5.97 Å². The Morgan fingerprint density at radius 1 is 1.15 bits per heavy atom. The molecule has 2 aromatic rings. The highest BCUT2D eigenvalue weighted by Gasteiger charge is 2.07. The lowest BCUT2D eigenvalue weighted by molar-refractivity contribution is 0.0698. The smallest absolute Gasteiger partial charge is 0.337 e. The first-order valence-electron chi connectivity index (χ1n) is 6.11. The number of halogens is 1. The largest absolute Gasteiger partial charge is 0.492 e. The molecule has 2 N–H and O–H groups in total. The van der Waals surface area contributed by atoms with E-state index in [9.17, 15) is 4.79 Å². The first-order chi connectivity index (χ1) is 9.66. The minimum atomic E-state index is -0.952. The first-order valence-corrected chi connectivity index (χ1v) is 6.49. The Kier molecular flexibility index (Phi) is 4.85. The fraction of sp³-hybridized carbons (Fsp3) is 0.133. The number of ether oxygens (including phenoxy) is 1. The number of aromatic carboxylic acids is 1. The van der Waals surface area contributed by atoms with Crippen molar-refractivity contribution in [1.29, 1.82) is 0 Å². The van der Waals surface area contributed by atoms with Crippen LogP contribution in [-0.2, 0) is 0 Å². The van der Waals surface area contributed by atoms with E-state index in [4.69, 9.17) is 21.4 Å². The number of carboxylic acids is 1. The molecule has 0 aliphatic carbocycles. The molecular formula is C15H14ClNO3. The van der Waals surface area contributed by atoms with Gasteiger partial charge in [0.05, 0.1) is 5.56 Å². The van der Waals surface area contributed by atoms with Gasteiger partial charge < -0.3 is 15.2 Å². The molecule has 0 bridgehead atoms. The summed E-state index contributed by atoms with van der Waals surface area (Å²) in [5.74, 6) is -0.227. The summed E-state index contributed by atoms with van der Waals surface area (Å²) < 4.78 is 5.51. The van der Waals surface area contributed by atoms with E-state index in [-0.39, 0.29) is 5.56 Å². The third-order valence-corrected chi connectivity index (χ3v) is 2.91. The molecule has 0 heterocycles. The van der Waals surface area contributed by atoms with Crippen LogP contribution in [0.25, 0.3) is 0 Å². The van der Waals surface area contributed by atoms with Crippen LogP contribution in [0.2, 0.25) is 5.02 Å². The molecule has 2 rings (SSSR count). The number of carboxylic acid groups (broad SMARTS) is 1. The second-order valence-corrected chi connectivity index (χ2v) is 4.52. The van der Waals surface area contributed by atoms with Crippen molar-refractivity contribution in [2.75, 3.05) is 18.5 Å². The maximum atomic E-state index is 11.0. The van der Waals surface area contributed by atoms with E-state index < -0.39 is 5.97 Å². The molecular weight excluding hydrogens is 278 g/mol. The van der Waals surface area contributed by atoms with Crippen molar-refractivity contribution in [2.45, 2.75) is 0 Å². The van der Waals surface area contributed by atoms with Crippen LogP contribution in [0.1, 0.15) is 10.4 Å². The number of carbonyl (C=O) groups is 1. The molecule has 0 aliphatic heterocycles. The second kappa shape index (κ2) is 6.82. The Morgan fingerprint density at radius 3 is 2.55 bits per heavy atom. The average Bonchev–Trinajstić information content (AvgIpc) is 2.46. The van der Waals surface area contributed by atoms with Crippen molar-refractivity contribution in [3.8, 4) is 5.75 Å². The minimum absolute atomic E-state index is 0.249. The number of hydrogen-bond acceptors (Lipinski definition) is 3. The van der Waals surface area contributed by atoms with E-state index in [1.807, 2.05) is 0 Å². The van der Waals surface area contributed by atoms with E-state index in [1.54, 1.807) is 48.5 Å². The molecule has 4 nitrogen and oxygen atoms in total. The average molecular weight is 292 g/mol. The summed E-state index contributed by atoms with van der Waals surface area (Å²) in [4.78, 5) is 11.0. The third kappa shape index (κ3) is 3.90. The van der Waals surface area contributed by atoms with Crippen LogP contribution in [-0.4, -0.2) is 24.2 Å². The van der Waals surface area contributed by atoms with Crippen LogP contribution in [0.5, 0.6) is 5.75 Å². The van der Waals surface area contributed by atoms with Crippen molar-refractivity contribution in [1.82, 2.24) is 0 Å². The van der Waals surface area contributed by atoms with E-state index in [2.05, 4.69) is 5.32 Å². The molecule has 104 valence electrons. The van der Waals surface area contributed by atoms with Gasteiger partial charge in [0.1, 0.15) is 12.4 Å². The van der Waals surface area contributed by atoms with Gasteiger partial charge in [-0.2, -0.15) is 0 Å². The normalized spacial score (nSPS) is 10.1. The summed E-state index contributed by atoms with van der Waals surface area (Å²) in [6.07, 6.45) is 0. The molecule has 0 atom stereocenters. The number of para-hydroxylation sites is 1. The lowest BCUT2D eigenvalue weighted by Crippen LogP contribution is -2.13. The summed E-state index contributed by atoms with van der Waals surface area (Å²) in [5, 5.41) is 12.7. The number of rotatable bonds is 6. The standard InChI is InChI=1S/C15H14ClNO3/c16-11-5-7-12(8-6-11)20-10-9-17-14-4-2-1-3-13(14)15(18)19/h1-8,17H,9-10H2,(H,18,19). The van der Waals surface area contributed by atoms with Gasteiger partial charge in [-0.15, -0.1) is 0 Å². The van der Waals surface area contributed by atoms with Crippen molar-refractivity contribution >= 4 is 23.3 Å². The summed E-state index contributed by atoms with van der Waals surface area (Å²) in [5.41, 5.74) is 0.832. The molecule has 0 unspecified atom stereocenters. The van der Waals surface area contributed by atoms with Crippen LogP contribution in [0.15, 0.2) is 48.5 Å². The van der Waals surface area contributed by atoms with Crippen LogP contribution in [0, 0.1) is 0 Å². The summed E-state index contributed by atoms with van der Waals surface area (Å²) in [6.45, 7) is 0.933. The lowest BCUT2D eigenvalue weighted by Gasteiger charge is -2.10. The molecule has 5 heteroatoms. The monoisotopic (exact) mass is 291 g/mol. The SMILES string of the molecule is O=C(O)c1ccccc1NCCOc1ccc(Cl)cc1. The molecule has 0 saturated carbocycles. The summed E-state index contributed by atoms with van der Waals surface area (Å²) in [7, 11) is 0. The minimum Gasteiger partial charge on any atom is -0.492 e. The zero-order chi connectivity index (χ0) is 14.4. The highest BCUT2D eigenvalue weighted by molar-refractivity contribution is 6.30. The van der Waals surface area contributed by atoms with Crippen LogP contribution in [0.3, 0.4) is 0 Å². The van der Waals surface area contributed by atoms with Gasteiger partial charge in [-0.05, 0) is 36.4 Å². The molecule has 0 fully saturated rings. The van der Waals surface area contributed by atoms with Gasteiger partial charge in [0, 0.05) is 17.3 Å². The molecule has 0 radical (unpaired) electrons. The maximum absolute atomic E-state index is 11.0. The maximum Gasteiger partial charge on any atom is 0.337 e. The molecule has 20 heavy (non-hydrogen) atoms. The fourth-order valence-electron chi connectivity index (χ4n) is 1.71. The summed E-state index contributed by atoms with van der Waals surface area (Å²) >= 11 is 5.78. The lowest BCUT2D eigenvalue weighted by atomic mass is 10.2. The van der Waals surface area contributed by atoms with E-state index >= 15 is 0 Å². The van der Waals surface area contributed by atoms with Crippen LogP contribution in [0.4, 0.5) is 5.69 Å². The van der Waals surface area contributed by atoms with E-state index in [1.165, 1.54) is 0 Å². The molecule has 0 aliphatic rings. The molecule has 0 saturated heterocycles. The number of hydrogen-bond donors (Lipinski definition) is 2. The van der Waals surface area contributed by atoms with Crippen molar-refractivity contribution in [2.24, 2.45) is 0 Å². The van der Waals surface area contributed by atoms with E-state index in [0.717, 1.165) is 5.75 Å². The fourth-order valence-corrected chi connectivity index (χ4v) is 1.84. The Labute approximate surface area is 122 Å². The van der Waals surface area contributed by atoms with Gasteiger partial charge in [0.25, 0.3) is 0 Å². The predicted octanol–water partition coefficient (Wildman–Crippen LogP) is 3.53. The zero-order valence-corrected chi connectivity index (χ0v) is 11.4. The van der Waals surface area contributed by atoms with Gasteiger partial charge in [-0.25, -0.2) is 4.79 Å². The van der Waals surface area contributed by atoms with Gasteiger partial charge in [0.15, 0.2) is 0 Å². The molecule has 0 spiro atoms. The molecule has 2 aromatic carbocycles. The second-order valence-electron chi connectivity index (χ2n) is 4.08. The highest BCUT2D eigenvalue weighted by Crippen LogP contribution is 2.16. The molecule has 0 aromatic heterocycles. The predicted molar refractivity (Wildman–Crippen MR) is 78.8 cm³/mol. The topological polar surface area (TPSA) is 58.6 Å².